The Bertz CT molecular complexity index is 1620. The molecule has 4 aromatic rings. The van der Waals surface area contributed by atoms with E-state index in [1.807, 2.05) is 97.7 Å². The van der Waals surface area contributed by atoms with Gasteiger partial charge in [-0.15, -0.1) is 0 Å². The van der Waals surface area contributed by atoms with Crippen LogP contribution in [-0.2, 0) is 78.3 Å². The zero-order valence-corrected chi connectivity index (χ0v) is 30.3. The number of imidazole rings is 2. The van der Waals surface area contributed by atoms with Crippen molar-refractivity contribution >= 4 is 23.9 Å². The Hall–Kier alpha value is -5.52. The third kappa shape index (κ3) is 12.1. The quantitative estimate of drug-likeness (QED) is 0.0669. The van der Waals surface area contributed by atoms with Crippen LogP contribution in [-0.4, -0.2) is 56.2 Å². The molecule has 0 amide bonds. The first-order chi connectivity index (χ1) is 25.2. The standard InChI is InChI=1S/C40H48N4O8/c1-5-35(39(47)51-23-29-13-9-7-10-14-29)31(19-33-21-41-27-43(33)3)25-49-37(45)17-18-38(46)50-26-32(20-34-22-42-28-44(34)4)36(6-2)40(48)52-24-30-15-11-8-12-16-30/h7-18,21-22,27-28,31-32,35-36H,5-6,19-20,23-26H2,1-4H3/b18-17+/t31-,32-,35-,36-/m0/s1. The molecule has 12 heteroatoms. The van der Waals surface area contributed by atoms with Crippen LogP contribution in [0.5, 0.6) is 0 Å². The number of carbonyl (C=O) groups excluding carboxylic acids is 4. The number of benzene rings is 2. The molecule has 0 aliphatic heterocycles. The van der Waals surface area contributed by atoms with Crippen molar-refractivity contribution in [3.8, 4) is 0 Å². The summed E-state index contributed by atoms with van der Waals surface area (Å²) in [5.74, 6) is -4.22. The van der Waals surface area contributed by atoms with Crippen LogP contribution in [0.2, 0.25) is 0 Å². The fourth-order valence-corrected chi connectivity index (χ4v) is 6.00. The van der Waals surface area contributed by atoms with Crippen LogP contribution in [0.1, 0.15) is 49.2 Å². The fourth-order valence-electron chi connectivity index (χ4n) is 6.00. The number of aromatic nitrogens is 4. The largest absolute Gasteiger partial charge is 0.462 e. The molecular formula is C40H48N4O8. The van der Waals surface area contributed by atoms with E-state index >= 15 is 0 Å². The number of nitrogens with zero attached hydrogens (tertiary/aromatic N) is 4. The Balaban J connectivity index is 1.36. The topological polar surface area (TPSA) is 141 Å². The molecule has 2 heterocycles. The summed E-state index contributed by atoms with van der Waals surface area (Å²) < 4.78 is 26.1. The van der Waals surface area contributed by atoms with E-state index in [0.717, 1.165) is 34.7 Å². The summed E-state index contributed by atoms with van der Waals surface area (Å²) in [7, 11) is 3.71. The molecule has 0 radical (unpaired) electrons. The van der Waals surface area contributed by atoms with E-state index < -0.39 is 35.6 Å². The number of rotatable bonds is 20. The van der Waals surface area contributed by atoms with Crippen LogP contribution in [0.25, 0.3) is 0 Å². The lowest BCUT2D eigenvalue weighted by Crippen LogP contribution is -2.31. The Morgan fingerprint density at radius 3 is 1.33 bits per heavy atom. The van der Waals surface area contributed by atoms with Crippen molar-refractivity contribution in [3.63, 3.8) is 0 Å². The van der Waals surface area contributed by atoms with Crippen molar-refractivity contribution in [1.82, 2.24) is 19.1 Å². The molecule has 0 saturated heterocycles. The second kappa shape index (κ2) is 20.4. The van der Waals surface area contributed by atoms with Gasteiger partial charge in [0.2, 0.25) is 0 Å². The van der Waals surface area contributed by atoms with E-state index in [2.05, 4.69) is 9.97 Å². The van der Waals surface area contributed by atoms with E-state index in [-0.39, 0.29) is 38.4 Å². The summed E-state index contributed by atoms with van der Waals surface area (Å²) in [5, 5.41) is 0. The highest BCUT2D eigenvalue weighted by molar-refractivity contribution is 5.91. The van der Waals surface area contributed by atoms with Crippen molar-refractivity contribution in [2.45, 2.75) is 52.7 Å². The molecule has 0 aliphatic rings. The Morgan fingerprint density at radius 2 is 1.00 bits per heavy atom. The molecular weight excluding hydrogens is 664 g/mol. The van der Waals surface area contributed by atoms with Gasteiger partial charge in [-0.2, -0.15) is 0 Å². The van der Waals surface area contributed by atoms with E-state index in [1.54, 1.807) is 25.0 Å². The normalized spacial score (nSPS) is 13.5. The summed E-state index contributed by atoms with van der Waals surface area (Å²) in [4.78, 5) is 60.4. The van der Waals surface area contributed by atoms with Crippen molar-refractivity contribution in [2.24, 2.45) is 37.8 Å². The van der Waals surface area contributed by atoms with Crippen LogP contribution < -0.4 is 0 Å². The van der Waals surface area contributed by atoms with Crippen molar-refractivity contribution in [1.29, 1.82) is 0 Å². The molecule has 52 heavy (non-hydrogen) atoms. The predicted molar refractivity (Wildman–Crippen MR) is 192 cm³/mol. The average molecular weight is 713 g/mol. The monoisotopic (exact) mass is 712 g/mol. The third-order valence-corrected chi connectivity index (χ3v) is 9.08. The zero-order valence-electron chi connectivity index (χ0n) is 30.3. The zero-order chi connectivity index (χ0) is 37.3. The van der Waals surface area contributed by atoms with E-state index in [9.17, 15) is 19.2 Å². The van der Waals surface area contributed by atoms with Crippen molar-refractivity contribution in [2.75, 3.05) is 13.2 Å². The first-order valence-corrected chi connectivity index (χ1v) is 17.5. The summed E-state index contributed by atoms with van der Waals surface area (Å²) in [6, 6.07) is 18.8. The molecule has 4 rings (SSSR count). The van der Waals surface area contributed by atoms with Gasteiger partial charge >= 0.3 is 23.9 Å². The lowest BCUT2D eigenvalue weighted by atomic mass is 9.87. The van der Waals surface area contributed by atoms with Gasteiger partial charge in [-0.25, -0.2) is 19.6 Å². The van der Waals surface area contributed by atoms with Gasteiger partial charge in [0.25, 0.3) is 0 Å². The minimum absolute atomic E-state index is 0.0849. The van der Waals surface area contributed by atoms with Crippen molar-refractivity contribution < 1.29 is 38.1 Å². The Labute approximate surface area is 304 Å². The van der Waals surface area contributed by atoms with Crippen LogP contribution in [0.3, 0.4) is 0 Å². The summed E-state index contributed by atoms with van der Waals surface area (Å²) in [5.41, 5.74) is 3.47. The molecule has 0 bridgehead atoms. The molecule has 0 fully saturated rings. The highest BCUT2D eigenvalue weighted by Gasteiger charge is 2.32. The summed E-state index contributed by atoms with van der Waals surface area (Å²) in [6.07, 6.45) is 10.5. The lowest BCUT2D eigenvalue weighted by molar-refractivity contribution is -0.155. The molecule has 4 atom stereocenters. The molecule has 0 saturated carbocycles. The van der Waals surface area contributed by atoms with Gasteiger partial charge in [0.15, 0.2) is 0 Å². The summed E-state index contributed by atoms with van der Waals surface area (Å²) >= 11 is 0. The Kier molecular flexibility index (Phi) is 15.4. The van der Waals surface area contributed by atoms with Gasteiger partial charge in [0, 0.05) is 61.9 Å². The maximum absolute atomic E-state index is 13.2. The van der Waals surface area contributed by atoms with Gasteiger partial charge in [0.1, 0.15) is 13.2 Å². The van der Waals surface area contributed by atoms with Gasteiger partial charge in [0.05, 0.1) is 37.7 Å². The molecule has 0 N–H and O–H groups in total. The van der Waals surface area contributed by atoms with Crippen LogP contribution in [0.4, 0.5) is 0 Å². The number of hydrogen-bond acceptors (Lipinski definition) is 10. The highest BCUT2D eigenvalue weighted by Crippen LogP contribution is 2.25. The molecule has 2 aromatic carbocycles. The van der Waals surface area contributed by atoms with Crippen LogP contribution in [0, 0.1) is 23.7 Å². The first-order valence-electron chi connectivity index (χ1n) is 17.5. The molecule has 0 aliphatic carbocycles. The molecule has 0 spiro atoms. The number of esters is 4. The number of aryl methyl sites for hydroxylation is 2. The van der Waals surface area contributed by atoms with Crippen LogP contribution >= 0.6 is 0 Å². The number of ether oxygens (including phenoxy) is 4. The van der Waals surface area contributed by atoms with Gasteiger partial charge in [-0.05, 0) is 36.8 Å². The van der Waals surface area contributed by atoms with E-state index in [1.165, 1.54) is 0 Å². The molecule has 0 unspecified atom stereocenters. The highest BCUT2D eigenvalue weighted by atomic mass is 16.5. The maximum atomic E-state index is 13.2. The SMILES string of the molecule is CC[C@H](C(=O)OCc1ccccc1)[C@H](COC(=O)/C=C/C(=O)OC[C@H](Cc1cncn1C)[C@H](CC)C(=O)OCc1ccccc1)Cc1cncn1C. The smallest absolute Gasteiger partial charge is 0.331 e. The Morgan fingerprint density at radius 1 is 0.615 bits per heavy atom. The summed E-state index contributed by atoms with van der Waals surface area (Å²) in [6.45, 7) is 3.87. The van der Waals surface area contributed by atoms with Gasteiger partial charge < -0.3 is 28.1 Å². The van der Waals surface area contributed by atoms with Gasteiger partial charge in [-0.3, -0.25) is 9.59 Å². The molecule has 12 nitrogen and oxygen atoms in total. The minimum Gasteiger partial charge on any atom is -0.462 e. The third-order valence-electron chi connectivity index (χ3n) is 9.08. The maximum Gasteiger partial charge on any atom is 0.331 e. The number of hydrogen-bond donors (Lipinski definition) is 0. The van der Waals surface area contributed by atoms with Crippen molar-refractivity contribution in [3.05, 3.63) is 120 Å². The molecule has 2 aromatic heterocycles. The van der Waals surface area contributed by atoms with Gasteiger partial charge in [-0.1, -0.05) is 74.5 Å². The molecule has 276 valence electrons. The van der Waals surface area contributed by atoms with Crippen LogP contribution in [0.15, 0.2) is 97.9 Å². The average Bonchev–Trinajstić information content (AvgIpc) is 3.77. The minimum atomic E-state index is -0.762. The lowest BCUT2D eigenvalue weighted by Gasteiger charge is -2.25. The fraction of sp³-hybridized carbons (Fsp3) is 0.400. The predicted octanol–water partition coefficient (Wildman–Crippen LogP) is 5.35. The van der Waals surface area contributed by atoms with E-state index in [0.29, 0.717) is 25.7 Å². The van der Waals surface area contributed by atoms with E-state index in [4.69, 9.17) is 18.9 Å². The number of carbonyl (C=O) groups is 4. The second-order valence-corrected chi connectivity index (χ2v) is 12.7. The first kappa shape index (κ1) is 39.3. The second-order valence-electron chi connectivity index (χ2n) is 12.7.